The molecule has 1 aliphatic heterocycles. The third kappa shape index (κ3) is 3.68. The van der Waals surface area contributed by atoms with Crippen LogP contribution in [0.1, 0.15) is 19.8 Å². The highest BCUT2D eigenvalue weighted by Crippen LogP contribution is 2.25. The monoisotopic (exact) mass is 281 g/mol. The first-order valence-corrected chi connectivity index (χ1v) is 6.55. The van der Waals surface area contributed by atoms with E-state index < -0.39 is 0 Å². The van der Waals surface area contributed by atoms with Crippen molar-refractivity contribution in [1.82, 2.24) is 5.32 Å². The first-order valence-electron chi connectivity index (χ1n) is 6.17. The van der Waals surface area contributed by atoms with Crippen LogP contribution in [-0.2, 0) is 9.59 Å². The van der Waals surface area contributed by atoms with Crippen molar-refractivity contribution >= 4 is 34.8 Å². The second kappa shape index (κ2) is 6.04. The van der Waals surface area contributed by atoms with E-state index in [9.17, 15) is 9.59 Å². The molecule has 0 aromatic heterocycles. The van der Waals surface area contributed by atoms with Crippen molar-refractivity contribution in [3.8, 4) is 0 Å². The van der Waals surface area contributed by atoms with Gasteiger partial charge >= 0.3 is 0 Å². The van der Waals surface area contributed by atoms with E-state index in [1.807, 2.05) is 0 Å². The summed E-state index contributed by atoms with van der Waals surface area (Å²) in [5, 5.41) is 8.94. The molecule has 1 fully saturated rings. The van der Waals surface area contributed by atoms with Gasteiger partial charge in [-0.2, -0.15) is 0 Å². The fourth-order valence-electron chi connectivity index (χ4n) is 2.02. The maximum atomic E-state index is 11.9. The zero-order valence-corrected chi connectivity index (χ0v) is 11.4. The van der Waals surface area contributed by atoms with Crippen molar-refractivity contribution in [2.24, 2.45) is 0 Å². The lowest BCUT2D eigenvalue weighted by atomic mass is 10.2. The average molecular weight is 282 g/mol. The molecular formula is C13H16ClN3O2. The summed E-state index contributed by atoms with van der Waals surface area (Å²) in [7, 11) is 0. The smallest absolute Gasteiger partial charge is 0.241 e. The van der Waals surface area contributed by atoms with Gasteiger partial charge in [-0.25, -0.2) is 0 Å². The van der Waals surface area contributed by atoms with Gasteiger partial charge in [-0.3, -0.25) is 9.59 Å². The minimum atomic E-state index is -0.186. The Hall–Kier alpha value is -1.59. The van der Waals surface area contributed by atoms with Crippen LogP contribution in [0.2, 0.25) is 5.02 Å². The van der Waals surface area contributed by atoms with Gasteiger partial charge in [0, 0.05) is 12.6 Å². The van der Waals surface area contributed by atoms with Gasteiger partial charge in [0.2, 0.25) is 11.8 Å². The molecule has 1 unspecified atom stereocenters. The molecular weight excluding hydrogens is 266 g/mol. The third-order valence-electron chi connectivity index (χ3n) is 2.92. The Morgan fingerprint density at radius 1 is 1.37 bits per heavy atom. The van der Waals surface area contributed by atoms with Crippen molar-refractivity contribution in [1.29, 1.82) is 0 Å². The molecule has 0 aliphatic carbocycles. The summed E-state index contributed by atoms with van der Waals surface area (Å²) in [6.45, 7) is 2.29. The van der Waals surface area contributed by atoms with Gasteiger partial charge in [0.05, 0.1) is 16.8 Å². The van der Waals surface area contributed by atoms with E-state index in [1.165, 1.54) is 6.92 Å². The molecule has 2 rings (SSSR count). The molecule has 5 nitrogen and oxygen atoms in total. The average Bonchev–Trinajstić information content (AvgIpc) is 2.86. The van der Waals surface area contributed by atoms with Crippen LogP contribution in [0.5, 0.6) is 0 Å². The molecule has 1 aromatic carbocycles. The normalized spacial score (nSPS) is 18.1. The minimum Gasteiger partial charge on any atom is -0.325 e. The summed E-state index contributed by atoms with van der Waals surface area (Å²) in [4.78, 5) is 22.9. The highest BCUT2D eigenvalue weighted by molar-refractivity contribution is 6.34. The van der Waals surface area contributed by atoms with E-state index in [0.717, 1.165) is 19.4 Å². The van der Waals surface area contributed by atoms with E-state index >= 15 is 0 Å². The zero-order valence-electron chi connectivity index (χ0n) is 10.6. The molecule has 0 radical (unpaired) electrons. The number of hydrogen-bond donors (Lipinski definition) is 3. The van der Waals surface area contributed by atoms with Crippen molar-refractivity contribution in [3.05, 3.63) is 23.2 Å². The molecule has 102 valence electrons. The molecule has 0 spiro atoms. The van der Waals surface area contributed by atoms with E-state index in [1.54, 1.807) is 18.2 Å². The quantitative estimate of drug-likeness (QED) is 0.793. The molecule has 1 aromatic rings. The van der Waals surface area contributed by atoms with E-state index in [-0.39, 0.29) is 17.9 Å². The summed E-state index contributed by atoms with van der Waals surface area (Å²) in [5.74, 6) is -0.241. The van der Waals surface area contributed by atoms with Crippen LogP contribution in [0, 0.1) is 0 Å². The SMILES string of the molecule is CC(=O)Nc1ccc(NC(=O)C2CCCN2)cc1Cl. The maximum Gasteiger partial charge on any atom is 0.241 e. The number of hydrogen-bond acceptors (Lipinski definition) is 3. The van der Waals surface area contributed by atoms with Gasteiger partial charge in [0.25, 0.3) is 0 Å². The number of carbonyl (C=O) groups excluding carboxylic acids is 2. The van der Waals surface area contributed by atoms with Gasteiger partial charge in [-0.05, 0) is 37.6 Å². The summed E-state index contributed by atoms with van der Waals surface area (Å²) < 4.78 is 0. The van der Waals surface area contributed by atoms with Gasteiger partial charge in [0.15, 0.2) is 0 Å². The Morgan fingerprint density at radius 2 is 2.16 bits per heavy atom. The fraction of sp³-hybridized carbons (Fsp3) is 0.385. The van der Waals surface area contributed by atoms with E-state index in [0.29, 0.717) is 16.4 Å². The number of amides is 2. The molecule has 1 saturated heterocycles. The number of nitrogens with one attached hydrogen (secondary N) is 3. The van der Waals surface area contributed by atoms with Crippen LogP contribution in [-0.4, -0.2) is 24.4 Å². The lowest BCUT2D eigenvalue weighted by Gasteiger charge is -2.12. The van der Waals surface area contributed by atoms with E-state index in [4.69, 9.17) is 11.6 Å². The third-order valence-corrected chi connectivity index (χ3v) is 3.24. The predicted molar refractivity (Wildman–Crippen MR) is 75.4 cm³/mol. The summed E-state index contributed by atoms with van der Waals surface area (Å²) in [6, 6.07) is 4.87. The number of rotatable bonds is 3. The Kier molecular flexibility index (Phi) is 4.39. The van der Waals surface area contributed by atoms with Crippen LogP contribution in [0.25, 0.3) is 0 Å². The Bertz CT molecular complexity index is 499. The number of benzene rings is 1. The number of halogens is 1. The molecule has 3 N–H and O–H groups in total. The van der Waals surface area contributed by atoms with Crippen molar-refractivity contribution in [2.75, 3.05) is 17.2 Å². The topological polar surface area (TPSA) is 70.2 Å². The second-order valence-electron chi connectivity index (χ2n) is 4.51. The second-order valence-corrected chi connectivity index (χ2v) is 4.92. The number of carbonyl (C=O) groups is 2. The van der Waals surface area contributed by atoms with Gasteiger partial charge in [-0.15, -0.1) is 0 Å². The van der Waals surface area contributed by atoms with Crippen LogP contribution in [0.4, 0.5) is 11.4 Å². The van der Waals surface area contributed by atoms with Crippen LogP contribution in [0.3, 0.4) is 0 Å². The highest BCUT2D eigenvalue weighted by atomic mass is 35.5. The molecule has 1 heterocycles. The molecule has 1 atom stereocenters. The van der Waals surface area contributed by atoms with Crippen LogP contribution < -0.4 is 16.0 Å². The Morgan fingerprint density at radius 3 is 2.74 bits per heavy atom. The van der Waals surface area contributed by atoms with Crippen molar-refractivity contribution in [3.63, 3.8) is 0 Å². The first kappa shape index (κ1) is 13.8. The summed E-state index contributed by atoms with van der Waals surface area (Å²) in [5.41, 5.74) is 1.16. The Labute approximate surface area is 116 Å². The fourth-order valence-corrected chi connectivity index (χ4v) is 2.25. The first-order chi connectivity index (χ1) is 9.06. The minimum absolute atomic E-state index is 0.0548. The molecule has 1 aliphatic rings. The van der Waals surface area contributed by atoms with Crippen LogP contribution >= 0.6 is 11.6 Å². The molecule has 19 heavy (non-hydrogen) atoms. The van der Waals surface area contributed by atoms with Crippen molar-refractivity contribution in [2.45, 2.75) is 25.8 Å². The van der Waals surface area contributed by atoms with Gasteiger partial charge < -0.3 is 16.0 Å². The molecule has 6 heteroatoms. The molecule has 0 saturated carbocycles. The van der Waals surface area contributed by atoms with E-state index in [2.05, 4.69) is 16.0 Å². The van der Waals surface area contributed by atoms with Gasteiger partial charge in [-0.1, -0.05) is 11.6 Å². The van der Waals surface area contributed by atoms with Crippen molar-refractivity contribution < 1.29 is 9.59 Å². The Balaban J connectivity index is 2.03. The summed E-state index contributed by atoms with van der Waals surface area (Å²) >= 11 is 6.03. The highest BCUT2D eigenvalue weighted by Gasteiger charge is 2.21. The predicted octanol–water partition coefficient (Wildman–Crippen LogP) is 1.99. The van der Waals surface area contributed by atoms with Crippen LogP contribution in [0.15, 0.2) is 18.2 Å². The number of anilines is 2. The molecule has 0 bridgehead atoms. The standard InChI is InChI=1S/C13H16ClN3O2/c1-8(18)16-11-5-4-9(7-10(11)14)17-13(19)12-3-2-6-15-12/h4-5,7,12,15H,2-3,6H2,1H3,(H,16,18)(H,17,19). The molecule has 2 amide bonds. The maximum absolute atomic E-state index is 11.9. The lowest BCUT2D eigenvalue weighted by molar-refractivity contribution is -0.118. The lowest BCUT2D eigenvalue weighted by Crippen LogP contribution is -2.35. The van der Waals surface area contributed by atoms with Gasteiger partial charge in [0.1, 0.15) is 0 Å². The zero-order chi connectivity index (χ0) is 13.8. The summed E-state index contributed by atoms with van der Waals surface area (Å²) in [6.07, 6.45) is 1.86. The largest absolute Gasteiger partial charge is 0.325 e.